The van der Waals surface area contributed by atoms with Crippen LogP contribution in [0.25, 0.3) is 0 Å². The molecule has 0 spiro atoms. The van der Waals surface area contributed by atoms with Gasteiger partial charge in [0.05, 0.1) is 0 Å². The van der Waals surface area contributed by atoms with Crippen molar-refractivity contribution in [1.82, 2.24) is 15.3 Å². The van der Waals surface area contributed by atoms with Gasteiger partial charge in [-0.3, -0.25) is 0 Å². The Labute approximate surface area is 89.7 Å². The van der Waals surface area contributed by atoms with Gasteiger partial charge in [0.2, 0.25) is 0 Å². The van der Waals surface area contributed by atoms with Crippen molar-refractivity contribution in [2.24, 2.45) is 0 Å². The van der Waals surface area contributed by atoms with Gasteiger partial charge in [-0.15, -0.1) is 0 Å². The Morgan fingerprint density at radius 1 is 1.36 bits per heavy atom. The molecule has 0 fully saturated rings. The minimum Gasteiger partial charge on any atom is -0.316 e. The van der Waals surface area contributed by atoms with Gasteiger partial charge in [0, 0.05) is 23.2 Å². The molecule has 1 atom stereocenters. The maximum Gasteiger partial charge on any atom is 0.188 e. The fraction of sp³-hybridized carbons (Fsp3) is 0.600. The highest BCUT2D eigenvalue weighted by atomic mass is 32.2. The zero-order valence-electron chi connectivity index (χ0n) is 9.16. The molecule has 1 N–H and O–H groups in total. The van der Waals surface area contributed by atoms with Gasteiger partial charge in [-0.1, -0.05) is 11.8 Å². The fourth-order valence-corrected chi connectivity index (χ4v) is 2.02. The van der Waals surface area contributed by atoms with Crippen molar-refractivity contribution < 1.29 is 0 Å². The van der Waals surface area contributed by atoms with Gasteiger partial charge in [-0.25, -0.2) is 9.97 Å². The molecule has 1 unspecified atom stereocenters. The predicted octanol–water partition coefficient (Wildman–Crippen LogP) is 1.79. The first-order valence-corrected chi connectivity index (χ1v) is 5.72. The van der Waals surface area contributed by atoms with E-state index in [2.05, 4.69) is 22.2 Å². The summed E-state index contributed by atoms with van der Waals surface area (Å²) in [5, 5.41) is 4.07. The maximum atomic E-state index is 4.36. The van der Waals surface area contributed by atoms with Gasteiger partial charge >= 0.3 is 0 Å². The van der Waals surface area contributed by atoms with E-state index in [-0.39, 0.29) is 0 Å². The minimum absolute atomic E-state index is 0.490. The Hall–Kier alpha value is -0.610. The topological polar surface area (TPSA) is 37.8 Å². The molecular formula is C10H17N3S. The first-order valence-electron chi connectivity index (χ1n) is 4.74. The summed E-state index contributed by atoms with van der Waals surface area (Å²) in [6, 6.07) is 2.48. The number of aryl methyl sites for hydroxylation is 2. The summed E-state index contributed by atoms with van der Waals surface area (Å²) in [4.78, 5) is 8.73. The summed E-state index contributed by atoms with van der Waals surface area (Å²) in [7, 11) is 1.97. The van der Waals surface area contributed by atoms with Crippen molar-refractivity contribution >= 4 is 11.8 Å². The van der Waals surface area contributed by atoms with Crippen LogP contribution in [0.5, 0.6) is 0 Å². The van der Waals surface area contributed by atoms with Crippen LogP contribution in [0.4, 0.5) is 0 Å². The van der Waals surface area contributed by atoms with Crippen LogP contribution in [0.15, 0.2) is 11.2 Å². The third kappa shape index (κ3) is 3.64. The molecule has 0 saturated heterocycles. The summed E-state index contributed by atoms with van der Waals surface area (Å²) in [6.07, 6.45) is 0. The second-order valence-electron chi connectivity index (χ2n) is 3.43. The smallest absolute Gasteiger partial charge is 0.188 e. The van der Waals surface area contributed by atoms with Crippen LogP contribution in [-0.2, 0) is 0 Å². The van der Waals surface area contributed by atoms with Crippen LogP contribution < -0.4 is 5.32 Å². The monoisotopic (exact) mass is 211 g/mol. The summed E-state index contributed by atoms with van der Waals surface area (Å²) >= 11 is 1.70. The van der Waals surface area contributed by atoms with Crippen molar-refractivity contribution in [2.75, 3.05) is 12.8 Å². The van der Waals surface area contributed by atoms with Crippen LogP contribution in [0, 0.1) is 13.8 Å². The third-order valence-electron chi connectivity index (χ3n) is 1.92. The lowest BCUT2D eigenvalue weighted by Crippen LogP contribution is -2.23. The molecule has 1 rings (SSSR count). The highest BCUT2D eigenvalue weighted by molar-refractivity contribution is 7.99. The standard InChI is InChI=1S/C10H17N3S/c1-7-5-8(2)13-10(12-7)14-6-9(3)11-4/h5,9,11H,6H2,1-4H3. The van der Waals surface area contributed by atoms with E-state index >= 15 is 0 Å². The maximum absolute atomic E-state index is 4.36. The molecule has 0 aliphatic carbocycles. The first-order chi connectivity index (χ1) is 6.61. The highest BCUT2D eigenvalue weighted by Gasteiger charge is 2.03. The molecule has 0 radical (unpaired) electrons. The molecule has 0 amide bonds. The number of nitrogens with one attached hydrogen (secondary N) is 1. The van der Waals surface area contributed by atoms with Crippen molar-refractivity contribution in [3.8, 4) is 0 Å². The summed E-state index contributed by atoms with van der Waals surface area (Å²) in [5.74, 6) is 0.999. The van der Waals surface area contributed by atoms with Gasteiger partial charge < -0.3 is 5.32 Å². The average Bonchev–Trinajstić information content (AvgIpc) is 2.12. The molecule has 4 heteroatoms. The fourth-order valence-electron chi connectivity index (χ4n) is 1.04. The highest BCUT2D eigenvalue weighted by Crippen LogP contribution is 2.14. The normalized spacial score (nSPS) is 12.9. The van der Waals surface area contributed by atoms with Gasteiger partial charge in [0.1, 0.15) is 0 Å². The van der Waals surface area contributed by atoms with Gasteiger partial charge in [-0.2, -0.15) is 0 Å². The zero-order valence-corrected chi connectivity index (χ0v) is 9.98. The summed E-state index contributed by atoms with van der Waals surface area (Å²) < 4.78 is 0. The van der Waals surface area contributed by atoms with Gasteiger partial charge in [-0.05, 0) is 33.9 Å². The Kier molecular flexibility index (Phi) is 4.35. The first kappa shape index (κ1) is 11.5. The van der Waals surface area contributed by atoms with Crippen molar-refractivity contribution in [2.45, 2.75) is 32.0 Å². The average molecular weight is 211 g/mol. The van der Waals surface area contributed by atoms with Crippen molar-refractivity contribution in [3.05, 3.63) is 17.5 Å². The Bertz CT molecular complexity index is 281. The van der Waals surface area contributed by atoms with E-state index in [1.54, 1.807) is 11.8 Å². The zero-order chi connectivity index (χ0) is 10.6. The van der Waals surface area contributed by atoms with Gasteiger partial charge in [0.15, 0.2) is 5.16 Å². The molecule has 3 nitrogen and oxygen atoms in total. The molecule has 0 saturated carbocycles. The molecule has 78 valence electrons. The van der Waals surface area contributed by atoms with E-state index < -0.39 is 0 Å². The van der Waals surface area contributed by atoms with E-state index in [1.807, 2.05) is 27.0 Å². The lowest BCUT2D eigenvalue weighted by molar-refractivity contribution is 0.676. The summed E-state index contributed by atoms with van der Waals surface area (Å²) in [6.45, 7) is 6.15. The second kappa shape index (κ2) is 5.32. The molecule has 0 bridgehead atoms. The molecule has 1 heterocycles. The lowest BCUT2D eigenvalue weighted by Gasteiger charge is -2.08. The van der Waals surface area contributed by atoms with Crippen molar-refractivity contribution in [3.63, 3.8) is 0 Å². The number of nitrogens with zero attached hydrogens (tertiary/aromatic N) is 2. The van der Waals surface area contributed by atoms with Crippen molar-refractivity contribution in [1.29, 1.82) is 0 Å². The van der Waals surface area contributed by atoms with E-state index in [0.717, 1.165) is 22.3 Å². The van der Waals surface area contributed by atoms with E-state index in [0.29, 0.717) is 6.04 Å². The molecule has 1 aromatic heterocycles. The molecule has 0 aliphatic heterocycles. The molecule has 0 aliphatic rings. The Balaban J connectivity index is 2.58. The predicted molar refractivity (Wildman–Crippen MR) is 60.8 cm³/mol. The van der Waals surface area contributed by atoms with Crippen LogP contribution in [-0.4, -0.2) is 28.8 Å². The lowest BCUT2D eigenvalue weighted by atomic mass is 10.4. The molecule has 0 aromatic carbocycles. The van der Waals surface area contributed by atoms with E-state index in [1.165, 1.54) is 0 Å². The van der Waals surface area contributed by atoms with E-state index in [4.69, 9.17) is 0 Å². The number of aromatic nitrogens is 2. The van der Waals surface area contributed by atoms with Crippen LogP contribution in [0.3, 0.4) is 0 Å². The Morgan fingerprint density at radius 3 is 2.43 bits per heavy atom. The summed E-state index contributed by atoms with van der Waals surface area (Å²) in [5.41, 5.74) is 2.08. The minimum atomic E-state index is 0.490. The number of rotatable bonds is 4. The van der Waals surface area contributed by atoms with Crippen LogP contribution >= 0.6 is 11.8 Å². The third-order valence-corrected chi connectivity index (χ3v) is 3.02. The Morgan fingerprint density at radius 2 is 1.93 bits per heavy atom. The number of thioether (sulfide) groups is 1. The number of hydrogen-bond acceptors (Lipinski definition) is 4. The molecule has 14 heavy (non-hydrogen) atoms. The molecular weight excluding hydrogens is 194 g/mol. The van der Waals surface area contributed by atoms with E-state index in [9.17, 15) is 0 Å². The quantitative estimate of drug-likeness (QED) is 0.608. The van der Waals surface area contributed by atoms with Crippen LogP contribution in [0.2, 0.25) is 0 Å². The second-order valence-corrected chi connectivity index (χ2v) is 4.42. The van der Waals surface area contributed by atoms with Crippen LogP contribution in [0.1, 0.15) is 18.3 Å². The molecule has 1 aromatic rings. The SMILES string of the molecule is CNC(C)CSc1nc(C)cc(C)n1. The van der Waals surface area contributed by atoms with Gasteiger partial charge in [0.25, 0.3) is 0 Å². The number of hydrogen-bond donors (Lipinski definition) is 1. The largest absolute Gasteiger partial charge is 0.316 e.